The van der Waals surface area contributed by atoms with E-state index in [0.29, 0.717) is 28.6 Å². The van der Waals surface area contributed by atoms with E-state index < -0.39 is 5.91 Å². The number of hydrogen-bond acceptors (Lipinski definition) is 6. The van der Waals surface area contributed by atoms with Gasteiger partial charge in [0, 0.05) is 17.1 Å². The van der Waals surface area contributed by atoms with E-state index >= 15 is 0 Å². The predicted molar refractivity (Wildman–Crippen MR) is 88.5 cm³/mol. The lowest BCUT2D eigenvalue weighted by Gasteiger charge is -2.02. The second-order valence-electron chi connectivity index (χ2n) is 5.30. The fourth-order valence-corrected chi connectivity index (χ4v) is 2.45. The van der Waals surface area contributed by atoms with Crippen molar-refractivity contribution in [1.29, 1.82) is 0 Å². The molecule has 4 rings (SSSR count). The molecule has 0 saturated carbocycles. The van der Waals surface area contributed by atoms with Gasteiger partial charge < -0.3 is 19.3 Å². The molecular formula is C17H12ClN3O4. The van der Waals surface area contributed by atoms with Gasteiger partial charge in [0.15, 0.2) is 11.5 Å². The first kappa shape index (κ1) is 15.5. The third-order valence-electron chi connectivity index (χ3n) is 3.61. The van der Waals surface area contributed by atoms with Gasteiger partial charge in [-0.1, -0.05) is 28.9 Å². The van der Waals surface area contributed by atoms with Crippen molar-refractivity contribution < 1.29 is 18.8 Å². The summed E-state index contributed by atoms with van der Waals surface area (Å²) in [6, 6.07) is 12.4. The zero-order chi connectivity index (χ0) is 17.2. The van der Waals surface area contributed by atoms with Gasteiger partial charge in [-0.25, -0.2) is 0 Å². The van der Waals surface area contributed by atoms with Crippen LogP contribution in [0.15, 0.2) is 47.0 Å². The predicted octanol–water partition coefficient (Wildman–Crippen LogP) is 3.05. The fourth-order valence-electron chi connectivity index (χ4n) is 2.33. The van der Waals surface area contributed by atoms with Gasteiger partial charge in [0.1, 0.15) is 0 Å². The third kappa shape index (κ3) is 3.27. The SMILES string of the molecule is O=C(NCc1ccc(Cl)cc1)c1noc(-c2ccc3c(c2)OCO3)n1. The number of amides is 1. The highest BCUT2D eigenvalue weighted by Crippen LogP contribution is 2.35. The molecule has 1 amide bonds. The number of benzene rings is 2. The largest absolute Gasteiger partial charge is 0.454 e. The number of carbonyl (C=O) groups is 1. The number of ether oxygens (including phenoxy) is 2. The van der Waals surface area contributed by atoms with Crippen molar-refractivity contribution in [3.63, 3.8) is 0 Å². The van der Waals surface area contributed by atoms with Gasteiger partial charge >= 0.3 is 0 Å². The second-order valence-corrected chi connectivity index (χ2v) is 5.74. The van der Waals surface area contributed by atoms with Gasteiger partial charge in [0.05, 0.1) is 0 Å². The van der Waals surface area contributed by atoms with E-state index in [4.69, 9.17) is 25.6 Å². The monoisotopic (exact) mass is 357 g/mol. The zero-order valence-corrected chi connectivity index (χ0v) is 13.6. The number of halogens is 1. The average Bonchev–Trinajstić information content (AvgIpc) is 3.29. The summed E-state index contributed by atoms with van der Waals surface area (Å²) in [5, 5.41) is 7.09. The molecule has 0 saturated heterocycles. The van der Waals surface area contributed by atoms with Crippen LogP contribution >= 0.6 is 11.6 Å². The van der Waals surface area contributed by atoms with Crippen LogP contribution in [0, 0.1) is 0 Å². The Hall–Kier alpha value is -3.06. The van der Waals surface area contributed by atoms with Crippen LogP contribution in [0.3, 0.4) is 0 Å². The summed E-state index contributed by atoms with van der Waals surface area (Å²) in [5.74, 6) is 1.02. The summed E-state index contributed by atoms with van der Waals surface area (Å²) in [6.07, 6.45) is 0. The fraction of sp³-hybridized carbons (Fsp3) is 0.118. The standard InChI is InChI=1S/C17H12ClN3O4/c18-12-4-1-10(2-5-12)8-19-16(22)15-20-17(25-21-15)11-3-6-13-14(7-11)24-9-23-13/h1-7H,8-9H2,(H,19,22). The molecule has 1 N–H and O–H groups in total. The van der Waals surface area contributed by atoms with Crippen molar-refractivity contribution >= 4 is 17.5 Å². The van der Waals surface area contributed by atoms with Gasteiger partial charge in [0.2, 0.25) is 6.79 Å². The summed E-state index contributed by atoms with van der Waals surface area (Å²) in [5.41, 5.74) is 1.56. The van der Waals surface area contributed by atoms with E-state index in [0.717, 1.165) is 5.56 Å². The smallest absolute Gasteiger partial charge is 0.292 e. The lowest BCUT2D eigenvalue weighted by molar-refractivity contribution is 0.0937. The van der Waals surface area contributed by atoms with Crippen molar-refractivity contribution in [2.75, 3.05) is 6.79 Å². The van der Waals surface area contributed by atoms with E-state index in [1.165, 1.54) is 0 Å². The number of hydrogen-bond donors (Lipinski definition) is 1. The van der Waals surface area contributed by atoms with Crippen molar-refractivity contribution in [3.05, 3.63) is 58.9 Å². The Morgan fingerprint density at radius 1 is 1.12 bits per heavy atom. The zero-order valence-electron chi connectivity index (χ0n) is 12.9. The molecule has 0 aliphatic carbocycles. The second kappa shape index (κ2) is 6.45. The normalized spacial score (nSPS) is 12.2. The number of nitrogens with zero attached hydrogens (tertiary/aromatic N) is 2. The summed E-state index contributed by atoms with van der Waals surface area (Å²) in [7, 11) is 0. The molecule has 8 heteroatoms. The molecule has 3 aromatic rings. The van der Waals surface area contributed by atoms with Crippen LogP contribution < -0.4 is 14.8 Å². The highest BCUT2D eigenvalue weighted by Gasteiger charge is 2.19. The average molecular weight is 358 g/mol. The number of rotatable bonds is 4. The molecule has 0 fully saturated rings. The van der Waals surface area contributed by atoms with Gasteiger partial charge in [0.25, 0.3) is 17.6 Å². The molecule has 1 aromatic heterocycles. The molecule has 1 aliphatic rings. The van der Waals surface area contributed by atoms with Crippen molar-refractivity contribution in [2.24, 2.45) is 0 Å². The first-order chi connectivity index (χ1) is 12.2. The van der Waals surface area contributed by atoms with Gasteiger partial charge in [-0.15, -0.1) is 0 Å². The summed E-state index contributed by atoms with van der Waals surface area (Å²) < 4.78 is 15.7. The number of nitrogens with one attached hydrogen (secondary N) is 1. The maximum atomic E-state index is 12.1. The first-order valence-electron chi connectivity index (χ1n) is 7.45. The molecule has 0 radical (unpaired) electrons. The van der Waals surface area contributed by atoms with E-state index in [-0.39, 0.29) is 18.5 Å². The summed E-state index contributed by atoms with van der Waals surface area (Å²) >= 11 is 5.83. The van der Waals surface area contributed by atoms with E-state index in [2.05, 4.69) is 15.5 Å². The quantitative estimate of drug-likeness (QED) is 0.772. The van der Waals surface area contributed by atoms with Crippen molar-refractivity contribution in [3.8, 4) is 23.0 Å². The van der Waals surface area contributed by atoms with Gasteiger partial charge in [-0.3, -0.25) is 4.79 Å². The Morgan fingerprint density at radius 2 is 1.92 bits per heavy atom. The maximum absolute atomic E-state index is 12.1. The Balaban J connectivity index is 1.45. The minimum Gasteiger partial charge on any atom is -0.454 e. The molecule has 25 heavy (non-hydrogen) atoms. The molecular weight excluding hydrogens is 346 g/mol. The molecule has 0 spiro atoms. The molecule has 126 valence electrons. The van der Waals surface area contributed by atoms with Crippen LogP contribution in [0.1, 0.15) is 16.2 Å². The number of fused-ring (bicyclic) bond motifs is 1. The summed E-state index contributed by atoms with van der Waals surface area (Å²) in [4.78, 5) is 16.3. The Kier molecular flexibility index (Phi) is 3.99. The highest BCUT2D eigenvalue weighted by atomic mass is 35.5. The topological polar surface area (TPSA) is 86.5 Å². The molecule has 0 atom stereocenters. The number of aromatic nitrogens is 2. The van der Waals surface area contributed by atoms with Gasteiger partial charge in [-0.2, -0.15) is 4.98 Å². The molecule has 2 aromatic carbocycles. The van der Waals surface area contributed by atoms with Crippen LogP contribution in [-0.4, -0.2) is 22.8 Å². The highest BCUT2D eigenvalue weighted by molar-refractivity contribution is 6.30. The molecule has 1 aliphatic heterocycles. The maximum Gasteiger partial charge on any atom is 0.292 e. The molecule has 0 unspecified atom stereocenters. The van der Waals surface area contributed by atoms with Crippen LogP contribution in [0.5, 0.6) is 11.5 Å². The van der Waals surface area contributed by atoms with E-state index in [9.17, 15) is 4.79 Å². The summed E-state index contributed by atoms with van der Waals surface area (Å²) in [6.45, 7) is 0.519. The lowest BCUT2D eigenvalue weighted by atomic mass is 10.2. The van der Waals surface area contributed by atoms with Crippen LogP contribution in [0.4, 0.5) is 0 Å². The molecule has 0 bridgehead atoms. The third-order valence-corrected chi connectivity index (χ3v) is 3.87. The Bertz CT molecular complexity index is 924. The Labute approximate surface area is 147 Å². The van der Waals surface area contributed by atoms with Crippen LogP contribution in [-0.2, 0) is 6.54 Å². The van der Waals surface area contributed by atoms with Crippen molar-refractivity contribution in [1.82, 2.24) is 15.5 Å². The minimum absolute atomic E-state index is 0.0402. The molecule has 7 nitrogen and oxygen atoms in total. The lowest BCUT2D eigenvalue weighted by Crippen LogP contribution is -2.23. The van der Waals surface area contributed by atoms with E-state index in [1.807, 2.05) is 12.1 Å². The molecule has 2 heterocycles. The van der Waals surface area contributed by atoms with Gasteiger partial charge in [-0.05, 0) is 35.9 Å². The van der Waals surface area contributed by atoms with Crippen LogP contribution in [0.25, 0.3) is 11.5 Å². The van der Waals surface area contributed by atoms with E-state index in [1.54, 1.807) is 30.3 Å². The van der Waals surface area contributed by atoms with Crippen LogP contribution in [0.2, 0.25) is 5.02 Å². The number of carbonyl (C=O) groups excluding carboxylic acids is 1. The Morgan fingerprint density at radius 3 is 2.76 bits per heavy atom. The first-order valence-corrected chi connectivity index (χ1v) is 7.83. The minimum atomic E-state index is -0.425. The van der Waals surface area contributed by atoms with Crippen molar-refractivity contribution in [2.45, 2.75) is 6.54 Å².